The molecule has 29 heavy (non-hydrogen) atoms. The zero-order valence-electron chi connectivity index (χ0n) is 16.8. The van der Waals surface area contributed by atoms with Gasteiger partial charge in [-0.1, -0.05) is 56.5 Å². The van der Waals surface area contributed by atoms with Crippen LogP contribution in [-0.2, 0) is 17.6 Å². The first-order valence-electron chi connectivity index (χ1n) is 9.74. The molecule has 6 heteroatoms. The number of rotatable bonds is 5. The molecule has 3 nitrogen and oxygen atoms in total. The van der Waals surface area contributed by atoms with Gasteiger partial charge >= 0.3 is 0 Å². The second-order valence-corrected chi connectivity index (χ2v) is 9.98. The number of carbonyl (C=O) groups is 1. The Morgan fingerprint density at radius 3 is 2.69 bits per heavy atom. The molecule has 1 aliphatic rings. The molecule has 1 amide bonds. The van der Waals surface area contributed by atoms with Crippen molar-refractivity contribution in [1.82, 2.24) is 0 Å². The number of hydrogen-bond acceptors (Lipinski definition) is 3. The number of thiophene rings is 1. The van der Waals surface area contributed by atoms with Crippen molar-refractivity contribution in [2.24, 2.45) is 11.3 Å². The molecular formula is C23H24Cl2N2OS. The lowest BCUT2D eigenvalue weighted by Crippen LogP contribution is -2.28. The van der Waals surface area contributed by atoms with E-state index in [1.54, 1.807) is 24.3 Å². The first kappa shape index (κ1) is 21.9. The van der Waals surface area contributed by atoms with E-state index in [2.05, 4.69) is 32.2 Å². The second kappa shape index (κ2) is 8.92. The average molecular weight is 447 g/mol. The molecule has 0 bridgehead atoms. The highest BCUT2D eigenvalue weighted by molar-refractivity contribution is 7.16. The van der Waals surface area contributed by atoms with Crippen LogP contribution in [0.2, 0.25) is 10.0 Å². The number of nitrogens with zero attached hydrogens (tertiary/aromatic N) is 1. The smallest absolute Gasteiger partial charge is 0.249 e. The SMILES string of the molecule is CCC(C)(C)C1CCc2c(sc(NC(=O)C=Cc3c(Cl)cccc3Cl)c2C#N)C1. The summed E-state index contributed by atoms with van der Waals surface area (Å²) in [5.74, 6) is 0.289. The van der Waals surface area contributed by atoms with E-state index in [4.69, 9.17) is 23.2 Å². The van der Waals surface area contributed by atoms with Gasteiger partial charge in [0.25, 0.3) is 0 Å². The molecule has 0 fully saturated rings. The highest BCUT2D eigenvalue weighted by Crippen LogP contribution is 2.45. The van der Waals surface area contributed by atoms with Crippen molar-refractivity contribution in [3.63, 3.8) is 0 Å². The van der Waals surface area contributed by atoms with Crippen molar-refractivity contribution < 1.29 is 4.79 Å². The van der Waals surface area contributed by atoms with Crippen LogP contribution in [-0.4, -0.2) is 5.91 Å². The van der Waals surface area contributed by atoms with E-state index >= 15 is 0 Å². The molecule has 1 atom stereocenters. The lowest BCUT2D eigenvalue weighted by molar-refractivity contribution is -0.111. The van der Waals surface area contributed by atoms with E-state index in [0.29, 0.717) is 32.1 Å². The Hall–Kier alpha value is -1.80. The first-order chi connectivity index (χ1) is 13.8. The standard InChI is InChI=1S/C23H24Cl2N2OS/c1-4-23(2,3)14-8-9-15-17(13-26)22(29-20(15)12-14)27-21(28)11-10-16-18(24)6-5-7-19(16)25/h5-7,10-11,14H,4,8-9,12H2,1-3H3,(H,27,28). The molecule has 0 aliphatic heterocycles. The summed E-state index contributed by atoms with van der Waals surface area (Å²) in [4.78, 5) is 13.7. The van der Waals surface area contributed by atoms with E-state index in [1.807, 2.05) is 0 Å². The second-order valence-electron chi connectivity index (χ2n) is 8.06. The lowest BCUT2D eigenvalue weighted by atomic mass is 9.69. The van der Waals surface area contributed by atoms with Gasteiger partial charge in [0, 0.05) is 26.6 Å². The molecule has 0 saturated carbocycles. The molecule has 152 valence electrons. The van der Waals surface area contributed by atoms with E-state index < -0.39 is 0 Å². The van der Waals surface area contributed by atoms with Crippen molar-refractivity contribution >= 4 is 51.5 Å². The molecule has 0 spiro atoms. The maximum atomic E-state index is 12.5. The Bertz CT molecular complexity index is 981. The quantitative estimate of drug-likeness (QED) is 0.496. The Morgan fingerprint density at radius 1 is 1.38 bits per heavy atom. The molecular weight excluding hydrogens is 423 g/mol. The van der Waals surface area contributed by atoms with Gasteiger partial charge in [-0.2, -0.15) is 5.26 Å². The van der Waals surface area contributed by atoms with Crippen LogP contribution in [0.4, 0.5) is 5.00 Å². The van der Waals surface area contributed by atoms with Gasteiger partial charge in [-0.3, -0.25) is 4.79 Å². The minimum Gasteiger partial charge on any atom is -0.313 e. The summed E-state index contributed by atoms with van der Waals surface area (Å²) in [7, 11) is 0. The number of fused-ring (bicyclic) bond motifs is 1. The molecule has 1 aliphatic carbocycles. The van der Waals surface area contributed by atoms with Gasteiger partial charge in [0.1, 0.15) is 11.1 Å². The highest BCUT2D eigenvalue weighted by atomic mass is 35.5. The fourth-order valence-electron chi connectivity index (χ4n) is 3.73. The number of amides is 1. The minimum atomic E-state index is -0.304. The van der Waals surface area contributed by atoms with Gasteiger partial charge in [-0.05, 0) is 54.4 Å². The Balaban J connectivity index is 1.80. The van der Waals surface area contributed by atoms with Crippen LogP contribution in [0.3, 0.4) is 0 Å². The summed E-state index contributed by atoms with van der Waals surface area (Å²) < 4.78 is 0. The Labute approximate surface area is 186 Å². The maximum Gasteiger partial charge on any atom is 0.249 e. The largest absolute Gasteiger partial charge is 0.313 e. The van der Waals surface area contributed by atoms with Crippen molar-refractivity contribution in [2.45, 2.75) is 46.5 Å². The molecule has 2 aromatic rings. The first-order valence-corrected chi connectivity index (χ1v) is 11.3. The molecule has 0 radical (unpaired) electrons. The molecule has 1 unspecified atom stereocenters. The number of nitriles is 1. The number of hydrogen-bond donors (Lipinski definition) is 1. The van der Waals surface area contributed by atoms with E-state index in [9.17, 15) is 10.1 Å². The van der Waals surface area contributed by atoms with Gasteiger partial charge < -0.3 is 5.32 Å². The number of anilines is 1. The third kappa shape index (κ3) is 4.69. The molecule has 1 aromatic carbocycles. The van der Waals surface area contributed by atoms with Crippen molar-refractivity contribution in [3.8, 4) is 6.07 Å². The van der Waals surface area contributed by atoms with E-state index in [-0.39, 0.29) is 11.3 Å². The van der Waals surface area contributed by atoms with Crippen LogP contribution in [0.1, 0.15) is 55.2 Å². The third-order valence-electron chi connectivity index (χ3n) is 6.03. The fraction of sp³-hybridized carbons (Fsp3) is 0.391. The van der Waals surface area contributed by atoms with Gasteiger partial charge in [0.05, 0.1) is 5.56 Å². The van der Waals surface area contributed by atoms with Gasteiger partial charge in [0.2, 0.25) is 5.91 Å². The van der Waals surface area contributed by atoms with Crippen LogP contribution >= 0.6 is 34.5 Å². The Kier molecular flexibility index (Phi) is 6.73. The highest BCUT2D eigenvalue weighted by Gasteiger charge is 2.34. The summed E-state index contributed by atoms with van der Waals surface area (Å²) in [6.45, 7) is 6.86. The number of halogens is 2. The summed E-state index contributed by atoms with van der Waals surface area (Å²) in [6, 6.07) is 7.50. The predicted molar refractivity (Wildman–Crippen MR) is 123 cm³/mol. The van der Waals surface area contributed by atoms with E-state index in [0.717, 1.165) is 31.2 Å². The maximum absolute atomic E-state index is 12.5. The number of carbonyl (C=O) groups excluding carboxylic acids is 1. The molecule has 1 heterocycles. The van der Waals surface area contributed by atoms with Gasteiger partial charge in [-0.15, -0.1) is 11.3 Å². The average Bonchev–Trinajstić information content (AvgIpc) is 3.03. The zero-order valence-corrected chi connectivity index (χ0v) is 19.1. The topological polar surface area (TPSA) is 52.9 Å². The Morgan fingerprint density at radius 2 is 2.07 bits per heavy atom. The molecule has 3 rings (SSSR count). The van der Waals surface area contributed by atoms with Gasteiger partial charge in [-0.25, -0.2) is 0 Å². The van der Waals surface area contributed by atoms with Crippen LogP contribution in [0.25, 0.3) is 6.08 Å². The van der Waals surface area contributed by atoms with Crippen LogP contribution < -0.4 is 5.32 Å². The minimum absolute atomic E-state index is 0.273. The van der Waals surface area contributed by atoms with Crippen LogP contribution in [0.5, 0.6) is 0 Å². The summed E-state index contributed by atoms with van der Waals surface area (Å²) >= 11 is 13.8. The number of benzene rings is 1. The number of nitrogens with one attached hydrogen (secondary N) is 1. The van der Waals surface area contributed by atoms with Crippen molar-refractivity contribution in [1.29, 1.82) is 5.26 Å². The van der Waals surface area contributed by atoms with Crippen LogP contribution in [0.15, 0.2) is 24.3 Å². The van der Waals surface area contributed by atoms with Crippen molar-refractivity contribution in [3.05, 3.63) is 55.9 Å². The molecule has 0 saturated heterocycles. The fourth-order valence-corrected chi connectivity index (χ4v) is 5.53. The van der Waals surface area contributed by atoms with Crippen molar-refractivity contribution in [2.75, 3.05) is 5.32 Å². The summed E-state index contributed by atoms with van der Waals surface area (Å²) in [5.41, 5.74) is 2.58. The third-order valence-corrected chi connectivity index (χ3v) is 7.86. The molecule has 1 N–H and O–H groups in total. The molecule has 1 aromatic heterocycles. The normalized spacial score (nSPS) is 16.5. The predicted octanol–water partition coefficient (Wildman–Crippen LogP) is 7.12. The van der Waals surface area contributed by atoms with E-state index in [1.165, 1.54) is 22.3 Å². The van der Waals surface area contributed by atoms with Gasteiger partial charge in [0.15, 0.2) is 0 Å². The van der Waals surface area contributed by atoms with Crippen LogP contribution in [0, 0.1) is 22.7 Å². The summed E-state index contributed by atoms with van der Waals surface area (Å²) in [6.07, 6.45) is 7.07. The summed E-state index contributed by atoms with van der Waals surface area (Å²) in [5, 5.41) is 14.2. The monoisotopic (exact) mass is 446 g/mol. The zero-order chi connectivity index (χ0) is 21.2. The lowest BCUT2D eigenvalue weighted by Gasteiger charge is -2.36.